The van der Waals surface area contributed by atoms with Gasteiger partial charge in [0.2, 0.25) is 0 Å². The van der Waals surface area contributed by atoms with Crippen LogP contribution < -0.4 is 10.6 Å². The van der Waals surface area contributed by atoms with Crippen molar-refractivity contribution < 1.29 is 4.79 Å². The number of nitriles is 1. The molecule has 2 rings (SSSR count). The first-order valence-corrected chi connectivity index (χ1v) is 7.31. The summed E-state index contributed by atoms with van der Waals surface area (Å²) >= 11 is 0. The fourth-order valence-corrected chi connectivity index (χ4v) is 2.20. The quantitative estimate of drug-likeness (QED) is 0.661. The van der Waals surface area contributed by atoms with Gasteiger partial charge in [0.15, 0.2) is 0 Å². The third-order valence-corrected chi connectivity index (χ3v) is 3.28. The Morgan fingerprint density at radius 2 is 1.57 bits per heavy atom. The molecule has 0 bridgehead atoms. The molecule has 116 valence electrons. The first-order chi connectivity index (χ1) is 11.0. The Morgan fingerprint density at radius 3 is 2.13 bits per heavy atom. The van der Waals surface area contributed by atoms with E-state index in [4.69, 9.17) is 0 Å². The van der Waals surface area contributed by atoms with E-state index in [0.717, 1.165) is 22.4 Å². The lowest BCUT2D eigenvalue weighted by molar-refractivity contribution is -0.112. The standard InChI is InChI=1S/C19H19N3O/c1-13-4-6-17(7-5-13)22-19(23)16(11-20)12-21-18-9-14(2)8-15(3)10-18/h4-10,12,21H,1-3H3,(H,22,23)/b16-12-. The van der Waals surface area contributed by atoms with Crippen molar-refractivity contribution in [3.05, 3.63) is 70.9 Å². The number of hydrogen-bond donors (Lipinski definition) is 2. The summed E-state index contributed by atoms with van der Waals surface area (Å²) in [6.45, 7) is 5.97. The second kappa shape index (κ2) is 7.28. The molecule has 0 atom stereocenters. The number of aryl methyl sites for hydroxylation is 3. The Hall–Kier alpha value is -3.06. The number of hydrogen-bond acceptors (Lipinski definition) is 3. The molecule has 0 aliphatic rings. The van der Waals surface area contributed by atoms with Crippen LogP contribution in [0.1, 0.15) is 16.7 Å². The number of benzene rings is 2. The van der Waals surface area contributed by atoms with Gasteiger partial charge in [0.05, 0.1) is 0 Å². The molecule has 23 heavy (non-hydrogen) atoms. The lowest BCUT2D eigenvalue weighted by atomic mass is 10.1. The zero-order valence-electron chi connectivity index (χ0n) is 13.5. The van der Waals surface area contributed by atoms with E-state index in [9.17, 15) is 10.1 Å². The smallest absolute Gasteiger partial charge is 0.267 e. The number of nitrogens with zero attached hydrogens (tertiary/aromatic N) is 1. The summed E-state index contributed by atoms with van der Waals surface area (Å²) in [7, 11) is 0. The summed E-state index contributed by atoms with van der Waals surface area (Å²) in [6, 6.07) is 15.3. The van der Waals surface area contributed by atoms with Crippen LogP contribution >= 0.6 is 0 Å². The molecule has 0 aliphatic carbocycles. The average molecular weight is 305 g/mol. The molecule has 4 heteroatoms. The molecule has 0 radical (unpaired) electrons. The summed E-state index contributed by atoms with van der Waals surface area (Å²) in [6.07, 6.45) is 1.43. The van der Waals surface area contributed by atoms with Gasteiger partial charge in [-0.15, -0.1) is 0 Å². The highest BCUT2D eigenvalue weighted by molar-refractivity contribution is 6.06. The number of carbonyl (C=O) groups is 1. The normalized spacial score (nSPS) is 10.8. The van der Waals surface area contributed by atoms with Gasteiger partial charge in [0.25, 0.3) is 5.91 Å². The van der Waals surface area contributed by atoms with Gasteiger partial charge in [-0.2, -0.15) is 5.26 Å². The SMILES string of the molecule is Cc1ccc(NC(=O)/C(C#N)=C\Nc2cc(C)cc(C)c2)cc1. The van der Waals surface area contributed by atoms with E-state index in [0.29, 0.717) is 5.69 Å². The van der Waals surface area contributed by atoms with Gasteiger partial charge in [-0.05, 0) is 56.2 Å². The van der Waals surface area contributed by atoms with Gasteiger partial charge in [-0.25, -0.2) is 0 Å². The third-order valence-electron chi connectivity index (χ3n) is 3.28. The monoisotopic (exact) mass is 305 g/mol. The van der Waals surface area contributed by atoms with Gasteiger partial charge in [-0.1, -0.05) is 23.8 Å². The summed E-state index contributed by atoms with van der Waals surface area (Å²) in [5.74, 6) is -0.437. The highest BCUT2D eigenvalue weighted by atomic mass is 16.1. The number of amides is 1. The summed E-state index contributed by atoms with van der Waals surface area (Å²) in [5.41, 5.74) is 4.86. The zero-order chi connectivity index (χ0) is 16.8. The van der Waals surface area contributed by atoms with Gasteiger partial charge in [0.1, 0.15) is 11.6 Å². The van der Waals surface area contributed by atoms with Crippen LogP contribution in [0, 0.1) is 32.1 Å². The topological polar surface area (TPSA) is 64.9 Å². The average Bonchev–Trinajstić information content (AvgIpc) is 2.49. The van der Waals surface area contributed by atoms with E-state index in [-0.39, 0.29) is 5.57 Å². The minimum Gasteiger partial charge on any atom is -0.360 e. The Balaban J connectivity index is 2.10. The van der Waals surface area contributed by atoms with E-state index in [1.165, 1.54) is 6.20 Å². The molecule has 0 heterocycles. The maximum absolute atomic E-state index is 12.1. The molecule has 0 unspecified atom stereocenters. The van der Waals surface area contributed by atoms with Crippen LogP contribution in [-0.2, 0) is 4.79 Å². The van der Waals surface area contributed by atoms with Crippen molar-refractivity contribution in [3.63, 3.8) is 0 Å². The van der Waals surface area contributed by atoms with Crippen LogP contribution in [-0.4, -0.2) is 5.91 Å². The molecule has 0 saturated carbocycles. The van der Waals surface area contributed by atoms with Crippen LogP contribution in [0.15, 0.2) is 54.2 Å². The minimum absolute atomic E-state index is 0.0183. The highest BCUT2D eigenvalue weighted by Gasteiger charge is 2.09. The Bertz CT molecular complexity index is 763. The molecule has 2 N–H and O–H groups in total. The van der Waals surface area contributed by atoms with E-state index < -0.39 is 5.91 Å². The van der Waals surface area contributed by atoms with Gasteiger partial charge in [0, 0.05) is 17.6 Å². The molecule has 0 aliphatic heterocycles. The summed E-state index contributed by atoms with van der Waals surface area (Å²) in [4.78, 5) is 12.1. The molecular formula is C19H19N3O. The van der Waals surface area contributed by atoms with Gasteiger partial charge in [-0.3, -0.25) is 4.79 Å². The number of carbonyl (C=O) groups excluding carboxylic acids is 1. The van der Waals surface area contributed by atoms with E-state index in [2.05, 4.69) is 16.7 Å². The molecule has 2 aromatic rings. The summed E-state index contributed by atoms with van der Waals surface area (Å²) in [5, 5.41) is 14.9. The number of nitrogens with one attached hydrogen (secondary N) is 2. The van der Waals surface area contributed by atoms with Crippen molar-refractivity contribution in [2.75, 3.05) is 10.6 Å². The van der Waals surface area contributed by atoms with Crippen molar-refractivity contribution in [2.24, 2.45) is 0 Å². The fourth-order valence-electron chi connectivity index (χ4n) is 2.20. The molecule has 2 aromatic carbocycles. The second-order valence-corrected chi connectivity index (χ2v) is 5.51. The highest BCUT2D eigenvalue weighted by Crippen LogP contribution is 2.15. The van der Waals surface area contributed by atoms with Crippen LogP contribution in [0.3, 0.4) is 0 Å². The minimum atomic E-state index is -0.437. The van der Waals surface area contributed by atoms with E-state index >= 15 is 0 Å². The summed E-state index contributed by atoms with van der Waals surface area (Å²) < 4.78 is 0. The molecule has 0 fully saturated rings. The Labute approximate surface area is 136 Å². The van der Waals surface area contributed by atoms with Crippen LogP contribution in [0.5, 0.6) is 0 Å². The predicted molar refractivity (Wildman–Crippen MR) is 93.0 cm³/mol. The molecule has 0 spiro atoms. The number of rotatable bonds is 4. The first kappa shape index (κ1) is 16.3. The van der Waals surface area contributed by atoms with Crippen LogP contribution in [0.4, 0.5) is 11.4 Å². The van der Waals surface area contributed by atoms with Crippen molar-refractivity contribution >= 4 is 17.3 Å². The maximum atomic E-state index is 12.1. The number of anilines is 2. The predicted octanol–water partition coefficient (Wildman–Crippen LogP) is 4.07. The van der Waals surface area contributed by atoms with Gasteiger partial charge >= 0.3 is 0 Å². The fraction of sp³-hybridized carbons (Fsp3) is 0.158. The maximum Gasteiger partial charge on any atom is 0.267 e. The van der Waals surface area contributed by atoms with Crippen molar-refractivity contribution in [3.8, 4) is 6.07 Å². The van der Waals surface area contributed by atoms with Gasteiger partial charge < -0.3 is 10.6 Å². The van der Waals surface area contributed by atoms with Crippen LogP contribution in [0.2, 0.25) is 0 Å². The molecular weight excluding hydrogens is 286 g/mol. The largest absolute Gasteiger partial charge is 0.360 e. The van der Waals surface area contributed by atoms with E-state index in [1.807, 2.05) is 51.1 Å². The third kappa shape index (κ3) is 4.72. The van der Waals surface area contributed by atoms with Crippen molar-refractivity contribution in [1.82, 2.24) is 0 Å². The zero-order valence-corrected chi connectivity index (χ0v) is 13.5. The van der Waals surface area contributed by atoms with Crippen LogP contribution in [0.25, 0.3) is 0 Å². The second-order valence-electron chi connectivity index (χ2n) is 5.51. The lowest BCUT2D eigenvalue weighted by Crippen LogP contribution is -2.14. The van der Waals surface area contributed by atoms with E-state index in [1.54, 1.807) is 12.1 Å². The van der Waals surface area contributed by atoms with Crippen molar-refractivity contribution in [1.29, 1.82) is 5.26 Å². The molecule has 0 saturated heterocycles. The molecule has 4 nitrogen and oxygen atoms in total. The molecule has 1 amide bonds. The molecule has 0 aromatic heterocycles. The van der Waals surface area contributed by atoms with Crippen molar-refractivity contribution in [2.45, 2.75) is 20.8 Å². The first-order valence-electron chi connectivity index (χ1n) is 7.31. The Morgan fingerprint density at radius 1 is 0.957 bits per heavy atom. The lowest BCUT2D eigenvalue weighted by Gasteiger charge is -2.07. The Kier molecular flexibility index (Phi) is 5.16.